The molecule has 1 aliphatic rings. The van der Waals surface area contributed by atoms with E-state index in [-0.39, 0.29) is 18.3 Å². The fourth-order valence-electron chi connectivity index (χ4n) is 2.76. The van der Waals surface area contributed by atoms with E-state index in [1.54, 1.807) is 21.3 Å². The molecule has 0 aliphatic carbocycles. The van der Waals surface area contributed by atoms with Crippen molar-refractivity contribution in [3.63, 3.8) is 0 Å². The molecule has 2 N–H and O–H groups in total. The largest absolute Gasteiger partial charge is 0.493 e. The molecule has 2 rings (SSSR count). The van der Waals surface area contributed by atoms with Crippen molar-refractivity contribution in [3.8, 4) is 17.2 Å². The van der Waals surface area contributed by atoms with Crippen molar-refractivity contribution in [1.29, 1.82) is 0 Å². The number of halogens is 1. The van der Waals surface area contributed by atoms with Crippen LogP contribution in [0.2, 0.25) is 0 Å². The van der Waals surface area contributed by atoms with Crippen LogP contribution in [-0.4, -0.2) is 64.9 Å². The molecule has 0 unspecified atom stereocenters. The van der Waals surface area contributed by atoms with Crippen LogP contribution < -0.4 is 24.8 Å². The number of rotatable bonds is 7. The SMILES string of the molecule is COc1cc(CNC(=O)CN2CCCNCC2)cc(OC)c1OC.Cl. The van der Waals surface area contributed by atoms with Gasteiger partial charge in [0.2, 0.25) is 11.7 Å². The minimum atomic E-state index is 0. The topological polar surface area (TPSA) is 72.1 Å². The number of hydrogen-bond donors (Lipinski definition) is 2. The maximum absolute atomic E-state index is 12.2. The van der Waals surface area contributed by atoms with E-state index in [2.05, 4.69) is 15.5 Å². The van der Waals surface area contributed by atoms with Gasteiger partial charge < -0.3 is 24.8 Å². The third-order valence-corrected chi connectivity index (χ3v) is 4.01. The maximum atomic E-state index is 12.2. The number of ether oxygens (including phenoxy) is 3. The average molecular weight is 374 g/mol. The van der Waals surface area contributed by atoms with Gasteiger partial charge in [0.25, 0.3) is 0 Å². The van der Waals surface area contributed by atoms with Crippen molar-refractivity contribution in [2.24, 2.45) is 0 Å². The highest BCUT2D eigenvalue weighted by atomic mass is 35.5. The first-order valence-corrected chi connectivity index (χ1v) is 8.16. The molecule has 142 valence electrons. The molecule has 1 amide bonds. The van der Waals surface area contributed by atoms with Crippen LogP contribution in [-0.2, 0) is 11.3 Å². The Bertz CT molecular complexity index is 524. The summed E-state index contributed by atoms with van der Waals surface area (Å²) in [6.45, 7) is 4.64. The van der Waals surface area contributed by atoms with Crippen LogP contribution in [0.4, 0.5) is 0 Å². The number of carbonyl (C=O) groups excluding carboxylic acids is 1. The van der Waals surface area contributed by atoms with E-state index in [1.807, 2.05) is 12.1 Å². The number of benzene rings is 1. The molecule has 0 spiro atoms. The molecule has 7 nitrogen and oxygen atoms in total. The summed E-state index contributed by atoms with van der Waals surface area (Å²) in [5.74, 6) is 1.73. The van der Waals surface area contributed by atoms with Crippen LogP contribution in [0.15, 0.2) is 12.1 Å². The number of methoxy groups -OCH3 is 3. The highest BCUT2D eigenvalue weighted by Gasteiger charge is 2.15. The Morgan fingerprint density at radius 2 is 1.80 bits per heavy atom. The zero-order chi connectivity index (χ0) is 17.4. The molecule has 1 aromatic carbocycles. The van der Waals surface area contributed by atoms with Crippen molar-refractivity contribution < 1.29 is 19.0 Å². The lowest BCUT2D eigenvalue weighted by Crippen LogP contribution is -2.38. The average Bonchev–Trinajstić information content (AvgIpc) is 2.87. The Labute approximate surface area is 155 Å². The zero-order valence-electron chi connectivity index (χ0n) is 15.1. The van der Waals surface area contributed by atoms with Gasteiger partial charge in [-0.2, -0.15) is 0 Å². The summed E-state index contributed by atoms with van der Waals surface area (Å²) in [5.41, 5.74) is 0.899. The lowest BCUT2D eigenvalue weighted by atomic mass is 10.1. The van der Waals surface area contributed by atoms with Crippen LogP contribution in [0.5, 0.6) is 17.2 Å². The van der Waals surface area contributed by atoms with Gasteiger partial charge in [0, 0.05) is 19.6 Å². The molecule has 1 aromatic rings. The predicted molar refractivity (Wildman–Crippen MR) is 99.1 cm³/mol. The van der Waals surface area contributed by atoms with Gasteiger partial charge in [-0.3, -0.25) is 9.69 Å². The molecule has 0 radical (unpaired) electrons. The smallest absolute Gasteiger partial charge is 0.234 e. The summed E-state index contributed by atoms with van der Waals surface area (Å²) in [6, 6.07) is 3.69. The molecule has 1 aliphatic heterocycles. The number of amides is 1. The molecule has 1 fully saturated rings. The molecule has 0 atom stereocenters. The fraction of sp³-hybridized carbons (Fsp3) is 0.588. The normalized spacial score (nSPS) is 14.8. The first-order valence-electron chi connectivity index (χ1n) is 8.16. The van der Waals surface area contributed by atoms with Gasteiger partial charge in [-0.1, -0.05) is 0 Å². The molecule has 25 heavy (non-hydrogen) atoms. The molecule has 0 aromatic heterocycles. The van der Waals surface area contributed by atoms with Crippen molar-refractivity contribution in [2.75, 3.05) is 54.1 Å². The van der Waals surface area contributed by atoms with E-state index in [1.165, 1.54) is 0 Å². The Morgan fingerprint density at radius 3 is 2.40 bits per heavy atom. The van der Waals surface area contributed by atoms with Crippen molar-refractivity contribution in [1.82, 2.24) is 15.5 Å². The zero-order valence-corrected chi connectivity index (χ0v) is 15.9. The minimum Gasteiger partial charge on any atom is -0.493 e. The second-order valence-corrected chi connectivity index (χ2v) is 5.69. The highest BCUT2D eigenvalue weighted by molar-refractivity contribution is 5.85. The van der Waals surface area contributed by atoms with Crippen LogP contribution in [0.3, 0.4) is 0 Å². The van der Waals surface area contributed by atoms with E-state index in [0.717, 1.165) is 38.2 Å². The fourth-order valence-corrected chi connectivity index (χ4v) is 2.76. The minimum absolute atomic E-state index is 0. The van der Waals surface area contributed by atoms with Crippen molar-refractivity contribution >= 4 is 18.3 Å². The molecule has 0 bridgehead atoms. The molecule has 8 heteroatoms. The summed E-state index contributed by atoms with van der Waals surface area (Å²) in [4.78, 5) is 14.3. The second kappa shape index (κ2) is 11.0. The number of nitrogens with one attached hydrogen (secondary N) is 2. The molecular weight excluding hydrogens is 346 g/mol. The van der Waals surface area contributed by atoms with Gasteiger partial charge in [0.15, 0.2) is 11.5 Å². The summed E-state index contributed by atoms with van der Waals surface area (Å²) in [7, 11) is 4.72. The Morgan fingerprint density at radius 1 is 1.12 bits per heavy atom. The van der Waals surface area contributed by atoms with Gasteiger partial charge >= 0.3 is 0 Å². The van der Waals surface area contributed by atoms with E-state index >= 15 is 0 Å². The lowest BCUT2D eigenvalue weighted by Gasteiger charge is -2.19. The van der Waals surface area contributed by atoms with E-state index < -0.39 is 0 Å². The third-order valence-electron chi connectivity index (χ3n) is 4.01. The van der Waals surface area contributed by atoms with Gasteiger partial charge in [0.1, 0.15) is 0 Å². The lowest BCUT2D eigenvalue weighted by molar-refractivity contribution is -0.122. The Kier molecular flexibility index (Phi) is 9.41. The summed E-state index contributed by atoms with van der Waals surface area (Å²) < 4.78 is 16.0. The van der Waals surface area contributed by atoms with Crippen LogP contribution in [0.1, 0.15) is 12.0 Å². The predicted octanol–water partition coefficient (Wildman–Crippen LogP) is 1.05. The van der Waals surface area contributed by atoms with Gasteiger partial charge in [-0.15, -0.1) is 12.4 Å². The molecule has 1 heterocycles. The van der Waals surface area contributed by atoms with Crippen LogP contribution >= 0.6 is 12.4 Å². The molecular formula is C17H28ClN3O4. The first kappa shape index (κ1) is 21.3. The number of hydrogen-bond acceptors (Lipinski definition) is 6. The van der Waals surface area contributed by atoms with Crippen LogP contribution in [0.25, 0.3) is 0 Å². The van der Waals surface area contributed by atoms with E-state index in [0.29, 0.717) is 30.3 Å². The second-order valence-electron chi connectivity index (χ2n) is 5.69. The van der Waals surface area contributed by atoms with E-state index in [4.69, 9.17) is 14.2 Å². The molecule has 0 saturated carbocycles. The van der Waals surface area contributed by atoms with E-state index in [9.17, 15) is 4.79 Å². The standard InChI is InChI=1S/C17H27N3O4.ClH/c1-22-14-9-13(10-15(23-2)17(14)24-3)11-19-16(21)12-20-7-4-5-18-6-8-20;/h9-10,18H,4-8,11-12H2,1-3H3,(H,19,21);1H. The maximum Gasteiger partial charge on any atom is 0.234 e. The van der Waals surface area contributed by atoms with Crippen molar-refractivity contribution in [2.45, 2.75) is 13.0 Å². The highest BCUT2D eigenvalue weighted by Crippen LogP contribution is 2.38. The monoisotopic (exact) mass is 373 g/mol. The number of carbonyl (C=O) groups is 1. The number of nitrogens with zero attached hydrogens (tertiary/aromatic N) is 1. The summed E-state index contributed by atoms with van der Waals surface area (Å²) in [5, 5.41) is 6.29. The van der Waals surface area contributed by atoms with Crippen molar-refractivity contribution in [3.05, 3.63) is 17.7 Å². The van der Waals surface area contributed by atoms with Gasteiger partial charge in [0.05, 0.1) is 27.9 Å². The van der Waals surface area contributed by atoms with Gasteiger partial charge in [-0.05, 0) is 37.2 Å². The Hall–Kier alpha value is -1.70. The van der Waals surface area contributed by atoms with Gasteiger partial charge in [-0.25, -0.2) is 0 Å². The Balaban J connectivity index is 0.00000312. The van der Waals surface area contributed by atoms with Crippen LogP contribution in [0, 0.1) is 0 Å². The molecule has 1 saturated heterocycles. The first-order chi connectivity index (χ1) is 11.7. The summed E-state index contributed by atoms with van der Waals surface area (Å²) >= 11 is 0. The quantitative estimate of drug-likeness (QED) is 0.744. The third kappa shape index (κ3) is 6.26. The summed E-state index contributed by atoms with van der Waals surface area (Å²) in [6.07, 6.45) is 1.07.